The Morgan fingerprint density at radius 3 is 1.05 bits per heavy atom. The lowest BCUT2D eigenvalue weighted by Gasteiger charge is -2.03. The molecule has 0 aromatic rings. The normalized spacial score (nSPS) is 11.0. The lowest BCUT2D eigenvalue weighted by atomic mass is 10.0. The van der Waals surface area contributed by atoms with Crippen molar-refractivity contribution in [3.8, 4) is 0 Å². The van der Waals surface area contributed by atoms with E-state index in [-0.39, 0.29) is 6.61 Å². The molecule has 0 atom stereocenters. The fourth-order valence-electron chi connectivity index (χ4n) is 2.85. The fraction of sp³-hybridized carbons (Fsp3) is 0.947. The largest absolute Gasteiger partial charge is 0.481 e. The van der Waals surface area contributed by atoms with E-state index in [0.717, 1.165) is 25.7 Å². The highest BCUT2D eigenvalue weighted by molar-refractivity contribution is 5.66. The van der Waals surface area contributed by atoms with Crippen LogP contribution in [0.5, 0.6) is 0 Å². The molecule has 1 N–H and O–H groups in total. The number of hydrogen-bond donors (Lipinski definition) is 1. The summed E-state index contributed by atoms with van der Waals surface area (Å²) in [5.41, 5.74) is 0. The van der Waals surface area contributed by atoms with Crippen molar-refractivity contribution in [3.63, 3.8) is 0 Å². The Morgan fingerprint density at radius 2 is 0.773 bits per heavy atom. The van der Waals surface area contributed by atoms with Crippen LogP contribution in [-0.4, -0.2) is 17.7 Å². The highest BCUT2D eigenvalue weighted by Crippen LogP contribution is 2.13. The standard InChI is InChI=1S/C19H37O3/c20-18-16-14-12-10-8-6-4-2-1-3-5-7-9-11-13-15-17-19(21)22/h1-18H2,(H,21,22). The van der Waals surface area contributed by atoms with Gasteiger partial charge in [0.15, 0.2) is 0 Å². The van der Waals surface area contributed by atoms with Crippen LogP contribution in [-0.2, 0) is 9.90 Å². The topological polar surface area (TPSA) is 57.2 Å². The first-order valence-electron chi connectivity index (χ1n) is 9.57. The van der Waals surface area contributed by atoms with Crippen molar-refractivity contribution in [2.45, 2.75) is 109 Å². The van der Waals surface area contributed by atoms with Crippen LogP contribution in [0.4, 0.5) is 0 Å². The highest BCUT2D eigenvalue weighted by atomic mass is 16.4. The number of aliphatic carboxylic acids is 1. The Hall–Kier alpha value is -0.570. The van der Waals surface area contributed by atoms with E-state index < -0.39 is 5.97 Å². The average Bonchev–Trinajstić information content (AvgIpc) is 2.50. The minimum absolute atomic E-state index is 0.0995. The van der Waals surface area contributed by atoms with Crippen molar-refractivity contribution in [1.29, 1.82) is 0 Å². The summed E-state index contributed by atoms with van der Waals surface area (Å²) in [5, 5.41) is 18.8. The van der Waals surface area contributed by atoms with Gasteiger partial charge in [0.2, 0.25) is 0 Å². The second kappa shape index (κ2) is 18.5. The third kappa shape index (κ3) is 19.4. The van der Waals surface area contributed by atoms with Gasteiger partial charge in [0, 0.05) is 6.42 Å². The molecule has 0 spiro atoms. The van der Waals surface area contributed by atoms with Crippen molar-refractivity contribution in [3.05, 3.63) is 0 Å². The zero-order valence-electron chi connectivity index (χ0n) is 14.5. The van der Waals surface area contributed by atoms with Gasteiger partial charge in [-0.2, -0.15) is 0 Å². The quantitative estimate of drug-likeness (QED) is 0.309. The lowest BCUT2D eigenvalue weighted by molar-refractivity contribution is -0.137. The van der Waals surface area contributed by atoms with Gasteiger partial charge in [-0.3, -0.25) is 4.79 Å². The molecule has 0 saturated carbocycles. The number of unbranched alkanes of at least 4 members (excludes halogenated alkanes) is 15. The molecule has 3 nitrogen and oxygen atoms in total. The van der Waals surface area contributed by atoms with E-state index >= 15 is 0 Å². The molecule has 0 heterocycles. The van der Waals surface area contributed by atoms with Crippen molar-refractivity contribution in [2.24, 2.45) is 0 Å². The molecule has 0 rings (SSSR count). The molecule has 0 aliphatic rings. The van der Waals surface area contributed by atoms with Crippen LogP contribution in [0.25, 0.3) is 0 Å². The molecule has 22 heavy (non-hydrogen) atoms. The van der Waals surface area contributed by atoms with Crippen molar-refractivity contribution < 1.29 is 15.0 Å². The molecule has 3 heteroatoms. The minimum atomic E-state index is -0.664. The zero-order chi connectivity index (χ0) is 16.3. The summed E-state index contributed by atoms with van der Waals surface area (Å²) < 4.78 is 0. The Bertz CT molecular complexity index is 229. The first-order chi connectivity index (χ1) is 10.8. The summed E-state index contributed by atoms with van der Waals surface area (Å²) >= 11 is 0. The molecular weight excluding hydrogens is 276 g/mol. The third-order valence-corrected chi connectivity index (χ3v) is 4.28. The van der Waals surface area contributed by atoms with Crippen LogP contribution in [0, 0.1) is 0 Å². The van der Waals surface area contributed by atoms with Gasteiger partial charge < -0.3 is 5.11 Å². The second-order valence-electron chi connectivity index (χ2n) is 6.50. The number of carbonyl (C=O) groups is 1. The Kier molecular flexibility index (Phi) is 18.0. The zero-order valence-corrected chi connectivity index (χ0v) is 14.5. The number of carboxylic acid groups (broad SMARTS) is 1. The van der Waals surface area contributed by atoms with Crippen LogP contribution in [0.1, 0.15) is 109 Å². The molecular formula is C19H37O3. The molecule has 0 aromatic heterocycles. The van der Waals surface area contributed by atoms with E-state index in [0.29, 0.717) is 6.42 Å². The van der Waals surface area contributed by atoms with Gasteiger partial charge in [0.05, 0.1) is 6.61 Å². The SMILES string of the molecule is [O]CCCCCCCCCCCCCCCCCCC(=O)O. The molecule has 1 radical (unpaired) electrons. The van der Waals surface area contributed by atoms with Gasteiger partial charge in [0.1, 0.15) is 0 Å². The van der Waals surface area contributed by atoms with Gasteiger partial charge in [-0.05, 0) is 12.8 Å². The summed E-state index contributed by atoms with van der Waals surface area (Å²) in [5.74, 6) is -0.664. The predicted molar refractivity (Wildman–Crippen MR) is 91.7 cm³/mol. The molecule has 0 unspecified atom stereocenters. The van der Waals surface area contributed by atoms with E-state index in [1.165, 1.54) is 77.0 Å². The van der Waals surface area contributed by atoms with Crippen LogP contribution in [0.3, 0.4) is 0 Å². The number of carboxylic acids is 1. The van der Waals surface area contributed by atoms with Crippen molar-refractivity contribution >= 4 is 5.97 Å². The summed E-state index contributed by atoms with van der Waals surface area (Å²) in [6.45, 7) is 0.0995. The van der Waals surface area contributed by atoms with Gasteiger partial charge >= 0.3 is 5.97 Å². The van der Waals surface area contributed by atoms with Crippen LogP contribution < -0.4 is 0 Å². The molecule has 0 aliphatic carbocycles. The van der Waals surface area contributed by atoms with Crippen LogP contribution >= 0.6 is 0 Å². The second-order valence-corrected chi connectivity index (χ2v) is 6.50. The van der Waals surface area contributed by atoms with Gasteiger partial charge in [-0.15, -0.1) is 0 Å². The maximum Gasteiger partial charge on any atom is 0.303 e. The van der Waals surface area contributed by atoms with E-state index in [1.54, 1.807) is 0 Å². The first-order valence-corrected chi connectivity index (χ1v) is 9.57. The maximum absolute atomic E-state index is 10.3. The number of hydrogen-bond acceptors (Lipinski definition) is 1. The fourth-order valence-corrected chi connectivity index (χ4v) is 2.85. The van der Waals surface area contributed by atoms with E-state index in [4.69, 9.17) is 5.11 Å². The number of rotatable bonds is 18. The molecule has 0 fully saturated rings. The monoisotopic (exact) mass is 313 g/mol. The molecule has 0 bridgehead atoms. The lowest BCUT2D eigenvalue weighted by Crippen LogP contribution is -1.93. The molecule has 0 saturated heterocycles. The van der Waals surface area contributed by atoms with Gasteiger partial charge in [-0.1, -0.05) is 89.9 Å². The van der Waals surface area contributed by atoms with Crippen LogP contribution in [0.2, 0.25) is 0 Å². The third-order valence-electron chi connectivity index (χ3n) is 4.28. The summed E-state index contributed by atoms with van der Waals surface area (Å²) in [6.07, 6.45) is 20.1. The van der Waals surface area contributed by atoms with Crippen molar-refractivity contribution in [2.75, 3.05) is 6.61 Å². The molecule has 131 valence electrons. The summed E-state index contributed by atoms with van der Waals surface area (Å²) in [4.78, 5) is 10.3. The van der Waals surface area contributed by atoms with Gasteiger partial charge in [-0.25, -0.2) is 5.11 Å². The van der Waals surface area contributed by atoms with E-state index in [2.05, 4.69) is 0 Å². The van der Waals surface area contributed by atoms with Crippen molar-refractivity contribution in [1.82, 2.24) is 0 Å². The smallest absolute Gasteiger partial charge is 0.303 e. The Balaban J connectivity index is 2.95. The summed E-state index contributed by atoms with van der Waals surface area (Å²) in [6, 6.07) is 0. The van der Waals surface area contributed by atoms with E-state index in [9.17, 15) is 9.90 Å². The van der Waals surface area contributed by atoms with E-state index in [1.807, 2.05) is 0 Å². The van der Waals surface area contributed by atoms with Gasteiger partial charge in [0.25, 0.3) is 0 Å². The summed E-state index contributed by atoms with van der Waals surface area (Å²) in [7, 11) is 0. The predicted octanol–water partition coefficient (Wildman–Crippen LogP) is 6.13. The minimum Gasteiger partial charge on any atom is -0.481 e. The average molecular weight is 314 g/mol. The first kappa shape index (κ1) is 21.4. The Morgan fingerprint density at radius 1 is 0.500 bits per heavy atom. The molecule has 0 aliphatic heterocycles. The van der Waals surface area contributed by atoms with Crippen LogP contribution in [0.15, 0.2) is 0 Å². The Labute approximate surface area is 137 Å². The maximum atomic E-state index is 10.3. The molecule has 0 amide bonds. The molecule has 0 aromatic carbocycles. The highest BCUT2D eigenvalue weighted by Gasteiger charge is 1.97.